The molecule has 0 radical (unpaired) electrons. The Labute approximate surface area is 187 Å². The lowest BCUT2D eigenvalue weighted by Gasteiger charge is -2.16. The zero-order valence-corrected chi connectivity index (χ0v) is 18.4. The second-order valence-electron chi connectivity index (χ2n) is 6.15. The molecule has 8 heteroatoms. The topological polar surface area (TPSA) is 79.5 Å². The molecule has 0 aliphatic rings. The van der Waals surface area contributed by atoms with Crippen molar-refractivity contribution in [3.8, 4) is 5.75 Å². The molecule has 3 aromatic rings. The molecule has 6 nitrogen and oxygen atoms in total. The summed E-state index contributed by atoms with van der Waals surface area (Å²) in [7, 11) is 0. The highest BCUT2D eigenvalue weighted by Crippen LogP contribution is 2.21. The Hall–Kier alpha value is -2.72. The maximum atomic E-state index is 12.3. The molecule has 0 fully saturated rings. The van der Waals surface area contributed by atoms with Gasteiger partial charge in [-0.1, -0.05) is 42.5 Å². The van der Waals surface area contributed by atoms with E-state index in [1.54, 1.807) is 19.1 Å². The number of carbonyl (C=O) groups excluding carboxylic acids is 2. The lowest BCUT2D eigenvalue weighted by molar-refractivity contribution is -0.127. The summed E-state index contributed by atoms with van der Waals surface area (Å²) in [5, 5.41) is 4.62. The van der Waals surface area contributed by atoms with Gasteiger partial charge in [-0.15, -0.1) is 0 Å². The molecule has 1 atom stereocenters. The first-order valence-corrected chi connectivity index (χ1v) is 10.2. The third-order valence-corrected chi connectivity index (χ3v) is 5.19. The van der Waals surface area contributed by atoms with E-state index in [2.05, 4.69) is 38.8 Å². The third-order valence-electron chi connectivity index (χ3n) is 4.05. The van der Waals surface area contributed by atoms with Crippen LogP contribution in [0, 0.1) is 3.57 Å². The minimum absolute atomic E-state index is 0.0130. The number of hydrogen-bond donors (Lipinski definition) is 3. The zero-order valence-electron chi connectivity index (χ0n) is 15.4. The lowest BCUT2D eigenvalue weighted by Crippen LogP contribution is -2.51. The van der Waals surface area contributed by atoms with Gasteiger partial charge in [0.1, 0.15) is 5.75 Å². The van der Waals surface area contributed by atoms with Gasteiger partial charge in [-0.3, -0.25) is 25.8 Å². The predicted molar refractivity (Wildman–Crippen MR) is 125 cm³/mol. The van der Waals surface area contributed by atoms with Crippen LogP contribution in [0.15, 0.2) is 66.7 Å². The molecule has 148 valence electrons. The first-order chi connectivity index (χ1) is 13.9. The highest BCUT2D eigenvalue weighted by molar-refractivity contribution is 14.1. The van der Waals surface area contributed by atoms with E-state index in [1.807, 2.05) is 54.6 Å². The first kappa shape index (κ1) is 21.0. The molecular formula is C21H18IN3O3S. The van der Waals surface area contributed by atoms with E-state index < -0.39 is 12.0 Å². The number of carbonyl (C=O) groups is 2. The van der Waals surface area contributed by atoms with Crippen molar-refractivity contribution in [3.05, 3.63) is 75.9 Å². The van der Waals surface area contributed by atoms with Gasteiger partial charge in [0, 0.05) is 3.57 Å². The Morgan fingerprint density at radius 3 is 2.41 bits per heavy atom. The molecule has 3 rings (SSSR count). The quantitative estimate of drug-likeness (QED) is 0.279. The second kappa shape index (κ2) is 9.66. The lowest BCUT2D eigenvalue weighted by atomic mass is 10.1. The van der Waals surface area contributed by atoms with Gasteiger partial charge in [0.05, 0.1) is 5.56 Å². The van der Waals surface area contributed by atoms with Gasteiger partial charge in [-0.2, -0.15) is 0 Å². The van der Waals surface area contributed by atoms with Crippen LogP contribution in [-0.2, 0) is 4.79 Å². The number of thiocarbonyl (C=S) groups is 1. The summed E-state index contributed by atoms with van der Waals surface area (Å²) in [5.41, 5.74) is 5.45. The van der Waals surface area contributed by atoms with Crippen LogP contribution in [0.4, 0.5) is 0 Å². The fraction of sp³-hybridized carbons (Fsp3) is 0.0952. The van der Waals surface area contributed by atoms with Crippen LogP contribution in [0.2, 0.25) is 0 Å². The molecule has 0 spiro atoms. The average molecular weight is 519 g/mol. The van der Waals surface area contributed by atoms with Crippen LogP contribution in [0.25, 0.3) is 10.8 Å². The van der Waals surface area contributed by atoms with Gasteiger partial charge < -0.3 is 4.74 Å². The van der Waals surface area contributed by atoms with Crippen LogP contribution < -0.4 is 20.9 Å². The highest BCUT2D eigenvalue weighted by Gasteiger charge is 2.16. The maximum Gasteiger partial charge on any atom is 0.279 e. The third kappa shape index (κ3) is 5.64. The molecule has 0 saturated heterocycles. The monoisotopic (exact) mass is 519 g/mol. The second-order valence-corrected chi connectivity index (χ2v) is 7.72. The van der Waals surface area contributed by atoms with Gasteiger partial charge >= 0.3 is 0 Å². The summed E-state index contributed by atoms with van der Waals surface area (Å²) >= 11 is 7.13. The van der Waals surface area contributed by atoms with E-state index >= 15 is 0 Å². The van der Waals surface area contributed by atoms with Crippen molar-refractivity contribution >= 4 is 62.5 Å². The molecule has 29 heavy (non-hydrogen) atoms. The molecule has 0 aromatic heterocycles. The largest absolute Gasteiger partial charge is 0.481 e. The number of rotatable bonds is 4. The molecule has 3 N–H and O–H groups in total. The van der Waals surface area contributed by atoms with E-state index in [1.165, 1.54) is 0 Å². The molecule has 2 amide bonds. The van der Waals surface area contributed by atoms with Crippen LogP contribution in [0.5, 0.6) is 5.75 Å². The zero-order chi connectivity index (χ0) is 20.8. The van der Waals surface area contributed by atoms with E-state index in [0.717, 1.165) is 14.3 Å². The summed E-state index contributed by atoms with van der Waals surface area (Å²) < 4.78 is 6.50. The Balaban J connectivity index is 1.50. The van der Waals surface area contributed by atoms with Crippen molar-refractivity contribution in [2.24, 2.45) is 0 Å². The van der Waals surface area contributed by atoms with Gasteiger partial charge in [0.25, 0.3) is 11.8 Å². The maximum absolute atomic E-state index is 12.3. The van der Waals surface area contributed by atoms with Gasteiger partial charge in [0.15, 0.2) is 11.2 Å². The summed E-state index contributed by atoms with van der Waals surface area (Å²) in [6.07, 6.45) is -0.766. The van der Waals surface area contributed by atoms with Crippen molar-refractivity contribution in [3.63, 3.8) is 0 Å². The number of hydrazine groups is 1. The standard InChI is InChI=1S/C21H18IN3O3S/c1-13(28-16-11-10-14-6-2-3-7-15(14)12-16)19(26)24-25-21(29)23-20(27)17-8-4-5-9-18(17)22/h2-13H,1H3,(H,24,26)(H2,23,25,27,29). The van der Waals surface area contributed by atoms with Gasteiger partial charge in [-0.25, -0.2) is 0 Å². The number of benzene rings is 3. The van der Waals surface area contributed by atoms with E-state index in [9.17, 15) is 9.59 Å². The summed E-state index contributed by atoms with van der Waals surface area (Å²) in [4.78, 5) is 24.5. The summed E-state index contributed by atoms with van der Waals surface area (Å²) in [5.74, 6) is -0.202. The number of amides is 2. The Kier molecular flexibility index (Phi) is 6.99. The first-order valence-electron chi connectivity index (χ1n) is 8.75. The van der Waals surface area contributed by atoms with Crippen molar-refractivity contribution in [2.45, 2.75) is 13.0 Å². The molecule has 0 aliphatic carbocycles. The van der Waals surface area contributed by atoms with E-state index in [-0.39, 0.29) is 11.0 Å². The molecule has 0 aliphatic heterocycles. The molecule has 3 aromatic carbocycles. The smallest absolute Gasteiger partial charge is 0.279 e. The van der Waals surface area contributed by atoms with E-state index in [0.29, 0.717) is 11.3 Å². The van der Waals surface area contributed by atoms with Gasteiger partial charge in [-0.05, 0) is 76.8 Å². The fourth-order valence-electron chi connectivity index (χ4n) is 2.57. The Morgan fingerprint density at radius 1 is 0.966 bits per heavy atom. The predicted octanol–water partition coefficient (Wildman–Crippen LogP) is 3.55. The van der Waals surface area contributed by atoms with Crippen molar-refractivity contribution in [1.82, 2.24) is 16.2 Å². The molecule has 0 heterocycles. The summed E-state index contributed by atoms with van der Waals surface area (Å²) in [6, 6.07) is 20.6. The average Bonchev–Trinajstić information content (AvgIpc) is 2.72. The van der Waals surface area contributed by atoms with Crippen molar-refractivity contribution in [2.75, 3.05) is 0 Å². The minimum atomic E-state index is -0.766. The summed E-state index contributed by atoms with van der Waals surface area (Å²) in [6.45, 7) is 1.63. The molecule has 0 saturated carbocycles. The van der Waals surface area contributed by atoms with Crippen molar-refractivity contribution in [1.29, 1.82) is 0 Å². The van der Waals surface area contributed by atoms with Crippen LogP contribution in [0.3, 0.4) is 0 Å². The molecule has 1 unspecified atom stereocenters. The van der Waals surface area contributed by atoms with Gasteiger partial charge in [0.2, 0.25) is 0 Å². The van der Waals surface area contributed by atoms with Crippen LogP contribution in [0.1, 0.15) is 17.3 Å². The van der Waals surface area contributed by atoms with Crippen LogP contribution >= 0.6 is 34.8 Å². The van der Waals surface area contributed by atoms with Crippen molar-refractivity contribution < 1.29 is 14.3 Å². The van der Waals surface area contributed by atoms with Crippen LogP contribution in [-0.4, -0.2) is 23.0 Å². The fourth-order valence-corrected chi connectivity index (χ4v) is 3.34. The highest BCUT2D eigenvalue weighted by atomic mass is 127. The number of nitrogens with one attached hydrogen (secondary N) is 3. The normalized spacial score (nSPS) is 11.4. The number of hydrogen-bond acceptors (Lipinski definition) is 4. The van der Waals surface area contributed by atoms with E-state index in [4.69, 9.17) is 17.0 Å². The SMILES string of the molecule is CC(Oc1ccc2ccccc2c1)C(=O)NNC(=S)NC(=O)c1ccccc1I. The number of ether oxygens (including phenoxy) is 1. The minimum Gasteiger partial charge on any atom is -0.481 e. The Bertz CT molecular complexity index is 1070. The molecular weight excluding hydrogens is 501 g/mol. The number of halogens is 1. The molecule has 0 bridgehead atoms. The number of fused-ring (bicyclic) bond motifs is 1. The Morgan fingerprint density at radius 2 is 1.66 bits per heavy atom.